The highest BCUT2D eigenvalue weighted by Crippen LogP contribution is 2.54. The molecule has 256 valence electrons. The first kappa shape index (κ1) is 32.5. The lowest BCUT2D eigenvalue weighted by Gasteiger charge is -2.50. The zero-order chi connectivity index (χ0) is 35.6. The van der Waals surface area contributed by atoms with Crippen LogP contribution in [-0.2, 0) is 10.8 Å². The Balaban J connectivity index is 1.14. The second-order valence-electron chi connectivity index (χ2n) is 16.5. The molecule has 2 fully saturated rings. The van der Waals surface area contributed by atoms with E-state index in [4.69, 9.17) is 15.0 Å². The van der Waals surface area contributed by atoms with E-state index in [1.807, 2.05) is 30.3 Å². The van der Waals surface area contributed by atoms with E-state index in [9.17, 15) is 5.26 Å². The molecule has 0 N–H and O–H groups in total. The molecule has 4 atom stereocenters. The van der Waals surface area contributed by atoms with Crippen molar-refractivity contribution in [3.05, 3.63) is 138 Å². The van der Waals surface area contributed by atoms with Gasteiger partial charge in [0.25, 0.3) is 0 Å². The summed E-state index contributed by atoms with van der Waals surface area (Å²) >= 11 is 0. The Morgan fingerprint density at radius 1 is 0.558 bits per heavy atom. The largest absolute Gasteiger partial charge is 0.208 e. The first-order valence-electron chi connectivity index (χ1n) is 18.9. The molecular weight excluding hydrogens is 633 g/mol. The fourth-order valence-corrected chi connectivity index (χ4v) is 10.3. The third kappa shape index (κ3) is 5.46. The molecule has 0 saturated heterocycles. The minimum Gasteiger partial charge on any atom is -0.208 e. The van der Waals surface area contributed by atoms with E-state index >= 15 is 0 Å². The van der Waals surface area contributed by atoms with Crippen LogP contribution in [-0.4, -0.2) is 15.0 Å². The average Bonchev–Trinajstić information content (AvgIpc) is 3.39. The van der Waals surface area contributed by atoms with E-state index < -0.39 is 0 Å². The van der Waals surface area contributed by atoms with Crippen LogP contribution >= 0.6 is 0 Å². The Morgan fingerprint density at radius 2 is 1.19 bits per heavy atom. The monoisotopic (exact) mass is 676 g/mol. The lowest BCUT2D eigenvalue weighted by atomic mass is 9.54. The van der Waals surface area contributed by atoms with Crippen molar-refractivity contribution in [3.63, 3.8) is 0 Å². The number of benzene rings is 5. The molecule has 0 amide bonds. The van der Waals surface area contributed by atoms with E-state index in [0.29, 0.717) is 28.5 Å². The molecule has 5 aromatic carbocycles. The summed E-state index contributed by atoms with van der Waals surface area (Å²) in [7, 11) is 0. The summed E-state index contributed by atoms with van der Waals surface area (Å²) in [5.41, 5.74) is 12.2. The quantitative estimate of drug-likeness (QED) is 0.182. The predicted molar refractivity (Wildman–Crippen MR) is 210 cm³/mol. The van der Waals surface area contributed by atoms with Crippen molar-refractivity contribution >= 4 is 0 Å². The van der Waals surface area contributed by atoms with Gasteiger partial charge in [0.2, 0.25) is 0 Å². The Morgan fingerprint density at radius 3 is 1.90 bits per heavy atom. The molecule has 3 aliphatic carbocycles. The van der Waals surface area contributed by atoms with Gasteiger partial charge in [-0.3, -0.25) is 0 Å². The van der Waals surface area contributed by atoms with Crippen LogP contribution in [0.5, 0.6) is 0 Å². The standard InChI is InChI=1S/C48H44N4/c1-30-22-33-23-31(2)27-48(26-30,28-33)37-18-15-34(16-19-37)38-12-8-9-13-40(38)46-51-44(35-10-6-5-7-11-35)50-45(52-46)36-17-21-42-41(25-36)39-20-14-32(29-49)24-43(39)47(42,3)4/h5-21,24-25,30-31,33H,22-23,26-28H2,1-4H3/t30-,31+,33-,48?. The van der Waals surface area contributed by atoms with Gasteiger partial charge in [0.1, 0.15) is 0 Å². The SMILES string of the molecule is C[C@@H]1C[C@@H]2C[C@H](C)CC(c3ccc(-c4ccccc4-c4nc(-c5ccccc5)nc(-c5ccc6c(c5)-c5ccc(C#N)cc5C6(C)C)n4)cc3)(C1)C2. The lowest BCUT2D eigenvalue weighted by molar-refractivity contribution is 0.0780. The maximum absolute atomic E-state index is 9.62. The minimum absolute atomic E-state index is 0.212. The maximum atomic E-state index is 9.62. The first-order chi connectivity index (χ1) is 25.2. The summed E-state index contributed by atoms with van der Waals surface area (Å²) in [6.45, 7) is 9.39. The van der Waals surface area contributed by atoms with Crippen molar-refractivity contribution in [2.75, 3.05) is 0 Å². The van der Waals surface area contributed by atoms with Crippen LogP contribution in [0.3, 0.4) is 0 Å². The van der Waals surface area contributed by atoms with Gasteiger partial charge in [0.05, 0.1) is 11.6 Å². The highest BCUT2D eigenvalue weighted by Gasteiger charge is 2.45. The normalized spacial score (nSPS) is 22.6. The zero-order valence-corrected chi connectivity index (χ0v) is 30.5. The van der Waals surface area contributed by atoms with E-state index in [1.165, 1.54) is 54.4 Å². The summed E-state index contributed by atoms with van der Waals surface area (Å²) in [6.07, 6.45) is 6.70. The molecule has 52 heavy (non-hydrogen) atoms. The van der Waals surface area contributed by atoms with Gasteiger partial charge in [0.15, 0.2) is 17.5 Å². The van der Waals surface area contributed by atoms with Gasteiger partial charge in [-0.05, 0) is 112 Å². The summed E-state index contributed by atoms with van der Waals surface area (Å²) < 4.78 is 0. The molecule has 2 saturated carbocycles. The second-order valence-corrected chi connectivity index (χ2v) is 16.5. The Bertz CT molecular complexity index is 2350. The van der Waals surface area contributed by atoms with E-state index in [2.05, 4.69) is 119 Å². The number of nitriles is 1. The highest BCUT2D eigenvalue weighted by atomic mass is 15.0. The molecule has 9 rings (SSSR count). The number of fused-ring (bicyclic) bond motifs is 5. The smallest absolute Gasteiger partial charge is 0.164 e. The fourth-order valence-electron chi connectivity index (χ4n) is 10.3. The number of nitrogens with zero attached hydrogens (tertiary/aromatic N) is 4. The van der Waals surface area contributed by atoms with Gasteiger partial charge in [-0.2, -0.15) is 5.26 Å². The first-order valence-corrected chi connectivity index (χ1v) is 18.9. The van der Waals surface area contributed by atoms with E-state index in [-0.39, 0.29) is 5.41 Å². The Kier molecular flexibility index (Phi) is 7.74. The van der Waals surface area contributed by atoms with Gasteiger partial charge in [-0.25, -0.2) is 15.0 Å². The molecule has 0 spiro atoms. The molecule has 1 unspecified atom stereocenters. The minimum atomic E-state index is -0.212. The zero-order valence-electron chi connectivity index (χ0n) is 30.5. The molecular formula is C48H44N4. The summed E-state index contributed by atoms with van der Waals surface area (Å²) in [4.78, 5) is 15.4. The lowest BCUT2D eigenvalue weighted by Crippen LogP contribution is -2.42. The molecule has 4 nitrogen and oxygen atoms in total. The topological polar surface area (TPSA) is 62.5 Å². The van der Waals surface area contributed by atoms with Crippen LogP contribution in [0.4, 0.5) is 0 Å². The predicted octanol–water partition coefficient (Wildman–Crippen LogP) is 11.8. The van der Waals surface area contributed by atoms with Gasteiger partial charge in [-0.15, -0.1) is 0 Å². The van der Waals surface area contributed by atoms with E-state index in [1.54, 1.807) is 0 Å². The average molecular weight is 677 g/mol. The highest BCUT2D eigenvalue weighted by molar-refractivity contribution is 5.85. The van der Waals surface area contributed by atoms with Crippen LogP contribution in [0.1, 0.15) is 82.1 Å². The fraction of sp³-hybridized carbons (Fsp3) is 0.292. The number of aromatic nitrogens is 3. The summed E-state index contributed by atoms with van der Waals surface area (Å²) in [5, 5.41) is 9.62. The molecule has 6 aromatic rings. The van der Waals surface area contributed by atoms with Crippen LogP contribution < -0.4 is 0 Å². The van der Waals surface area contributed by atoms with Crippen molar-refractivity contribution < 1.29 is 0 Å². The van der Waals surface area contributed by atoms with Crippen molar-refractivity contribution in [1.82, 2.24) is 15.0 Å². The summed E-state index contributed by atoms with van der Waals surface area (Å²) in [6, 6.07) is 43.1. The molecule has 3 aliphatic rings. The third-order valence-corrected chi connectivity index (χ3v) is 12.3. The van der Waals surface area contributed by atoms with Gasteiger partial charge in [0, 0.05) is 22.1 Å². The van der Waals surface area contributed by atoms with E-state index in [0.717, 1.165) is 51.1 Å². The maximum Gasteiger partial charge on any atom is 0.164 e. The number of hydrogen-bond donors (Lipinski definition) is 0. The van der Waals surface area contributed by atoms with Crippen molar-refractivity contribution in [2.24, 2.45) is 17.8 Å². The number of rotatable bonds is 5. The third-order valence-electron chi connectivity index (χ3n) is 12.3. The molecule has 0 radical (unpaired) electrons. The molecule has 4 heteroatoms. The molecule has 1 aromatic heterocycles. The second kappa shape index (κ2) is 12.4. The van der Waals surface area contributed by atoms with Gasteiger partial charge in [-0.1, -0.05) is 125 Å². The Hall–Kier alpha value is -5.40. The van der Waals surface area contributed by atoms with Crippen molar-refractivity contribution in [2.45, 2.75) is 70.6 Å². The van der Waals surface area contributed by atoms with Crippen LogP contribution in [0.15, 0.2) is 115 Å². The molecule has 1 heterocycles. The number of hydrogen-bond acceptors (Lipinski definition) is 4. The van der Waals surface area contributed by atoms with Gasteiger partial charge >= 0.3 is 0 Å². The summed E-state index contributed by atoms with van der Waals surface area (Å²) in [5.74, 6) is 4.37. The van der Waals surface area contributed by atoms with Crippen LogP contribution in [0.25, 0.3) is 56.4 Å². The Labute approximate surface area is 307 Å². The van der Waals surface area contributed by atoms with Crippen LogP contribution in [0.2, 0.25) is 0 Å². The van der Waals surface area contributed by atoms with Crippen LogP contribution in [0, 0.1) is 29.1 Å². The van der Waals surface area contributed by atoms with Gasteiger partial charge < -0.3 is 0 Å². The molecule has 2 bridgehead atoms. The van der Waals surface area contributed by atoms with Crippen molar-refractivity contribution in [3.8, 4) is 62.5 Å². The molecule has 0 aliphatic heterocycles. The van der Waals surface area contributed by atoms with Crippen molar-refractivity contribution in [1.29, 1.82) is 5.26 Å².